The van der Waals surface area contributed by atoms with Crippen LogP contribution in [0.3, 0.4) is 0 Å². The standard InChI is InChI=1S/C9H12O2/c10-5-8-3-7-1-2-9(8,4-7)6-11/h5-8H,1-4H2/t7-,8-,9+/m1/s1. The monoisotopic (exact) mass is 152 g/mol. The average molecular weight is 152 g/mol. The Morgan fingerprint density at radius 2 is 2.18 bits per heavy atom. The zero-order valence-corrected chi connectivity index (χ0v) is 6.45. The van der Waals surface area contributed by atoms with Gasteiger partial charge in [0.15, 0.2) is 0 Å². The molecular weight excluding hydrogens is 140 g/mol. The summed E-state index contributed by atoms with van der Waals surface area (Å²) in [6, 6.07) is 0. The van der Waals surface area contributed by atoms with Crippen molar-refractivity contribution in [2.75, 3.05) is 0 Å². The van der Waals surface area contributed by atoms with E-state index in [2.05, 4.69) is 0 Å². The fourth-order valence-electron chi connectivity index (χ4n) is 2.73. The number of fused-ring (bicyclic) bond motifs is 2. The van der Waals surface area contributed by atoms with Crippen LogP contribution in [0, 0.1) is 17.3 Å². The lowest BCUT2D eigenvalue weighted by Gasteiger charge is -2.24. The summed E-state index contributed by atoms with van der Waals surface area (Å²) in [6.07, 6.45) is 6.04. The molecule has 2 fully saturated rings. The molecular formula is C9H12O2. The van der Waals surface area contributed by atoms with Gasteiger partial charge in [-0.2, -0.15) is 0 Å². The van der Waals surface area contributed by atoms with Gasteiger partial charge in [0.2, 0.25) is 0 Å². The van der Waals surface area contributed by atoms with E-state index in [0.717, 1.165) is 38.3 Å². The molecule has 0 aromatic heterocycles. The third-order valence-corrected chi connectivity index (χ3v) is 3.41. The Balaban J connectivity index is 2.27. The van der Waals surface area contributed by atoms with Gasteiger partial charge in [-0.3, -0.25) is 0 Å². The molecule has 2 aliphatic carbocycles. The van der Waals surface area contributed by atoms with Gasteiger partial charge in [-0.15, -0.1) is 0 Å². The quantitative estimate of drug-likeness (QED) is 0.557. The second kappa shape index (κ2) is 2.16. The Morgan fingerprint density at radius 3 is 2.64 bits per heavy atom. The molecule has 0 heterocycles. The molecule has 0 aromatic carbocycles. The summed E-state index contributed by atoms with van der Waals surface area (Å²) in [6.45, 7) is 0. The van der Waals surface area contributed by atoms with Crippen molar-refractivity contribution < 1.29 is 9.59 Å². The molecule has 2 heteroatoms. The SMILES string of the molecule is O=C[C@H]1C[C@H]2CC[C@@]1(C=O)C2. The van der Waals surface area contributed by atoms with Crippen molar-refractivity contribution in [3.05, 3.63) is 0 Å². The minimum Gasteiger partial charge on any atom is -0.303 e. The molecule has 0 N–H and O–H groups in total. The molecule has 0 amide bonds. The second-order valence-corrected chi connectivity index (χ2v) is 3.94. The van der Waals surface area contributed by atoms with Crippen molar-refractivity contribution >= 4 is 12.6 Å². The summed E-state index contributed by atoms with van der Waals surface area (Å²) in [4.78, 5) is 21.4. The molecule has 3 atom stereocenters. The number of carbonyl (C=O) groups excluding carboxylic acids is 2. The van der Waals surface area contributed by atoms with Crippen molar-refractivity contribution in [3.8, 4) is 0 Å². The number of hydrogen-bond acceptors (Lipinski definition) is 2. The highest BCUT2D eigenvalue weighted by Gasteiger charge is 2.51. The van der Waals surface area contributed by atoms with E-state index in [0.29, 0.717) is 5.92 Å². The predicted octanol–water partition coefficient (Wildman–Crippen LogP) is 1.19. The van der Waals surface area contributed by atoms with Crippen LogP contribution in [0.15, 0.2) is 0 Å². The summed E-state index contributed by atoms with van der Waals surface area (Å²) in [5, 5.41) is 0. The van der Waals surface area contributed by atoms with Crippen LogP contribution in [0.4, 0.5) is 0 Å². The summed E-state index contributed by atoms with van der Waals surface area (Å²) >= 11 is 0. The summed E-state index contributed by atoms with van der Waals surface area (Å²) < 4.78 is 0. The molecule has 2 aliphatic rings. The zero-order chi connectivity index (χ0) is 7.90. The van der Waals surface area contributed by atoms with Crippen LogP contribution in [0.5, 0.6) is 0 Å². The van der Waals surface area contributed by atoms with Crippen LogP contribution >= 0.6 is 0 Å². The molecule has 0 unspecified atom stereocenters. The Hall–Kier alpha value is -0.660. The van der Waals surface area contributed by atoms with Crippen LogP contribution in [0.1, 0.15) is 25.7 Å². The van der Waals surface area contributed by atoms with Crippen LogP contribution in [0.2, 0.25) is 0 Å². The van der Waals surface area contributed by atoms with E-state index in [9.17, 15) is 9.59 Å². The maximum atomic E-state index is 10.8. The average Bonchev–Trinajstić information content (AvgIpc) is 2.60. The Bertz CT molecular complexity index is 200. The third-order valence-electron chi connectivity index (χ3n) is 3.41. The molecule has 0 saturated heterocycles. The fourth-order valence-corrected chi connectivity index (χ4v) is 2.73. The molecule has 0 radical (unpaired) electrons. The number of carbonyl (C=O) groups is 2. The normalized spacial score (nSPS) is 47.6. The van der Waals surface area contributed by atoms with E-state index in [-0.39, 0.29) is 11.3 Å². The van der Waals surface area contributed by atoms with E-state index in [4.69, 9.17) is 0 Å². The molecule has 60 valence electrons. The second-order valence-electron chi connectivity index (χ2n) is 3.94. The van der Waals surface area contributed by atoms with E-state index < -0.39 is 0 Å². The molecule has 2 bridgehead atoms. The smallest absolute Gasteiger partial charge is 0.126 e. The maximum absolute atomic E-state index is 10.8. The topological polar surface area (TPSA) is 34.1 Å². The van der Waals surface area contributed by atoms with Gasteiger partial charge >= 0.3 is 0 Å². The van der Waals surface area contributed by atoms with Gasteiger partial charge in [-0.05, 0) is 31.6 Å². The van der Waals surface area contributed by atoms with Gasteiger partial charge in [0.25, 0.3) is 0 Å². The van der Waals surface area contributed by atoms with Gasteiger partial charge in [0, 0.05) is 11.3 Å². The highest BCUT2D eigenvalue weighted by Crippen LogP contribution is 2.55. The Kier molecular flexibility index (Phi) is 1.38. The highest BCUT2D eigenvalue weighted by molar-refractivity contribution is 5.71. The van der Waals surface area contributed by atoms with Crippen LogP contribution in [-0.2, 0) is 9.59 Å². The molecule has 0 aliphatic heterocycles. The third kappa shape index (κ3) is 0.784. The lowest BCUT2D eigenvalue weighted by Crippen LogP contribution is -2.27. The van der Waals surface area contributed by atoms with Gasteiger partial charge in [0.1, 0.15) is 12.6 Å². The van der Waals surface area contributed by atoms with Crippen LogP contribution in [0.25, 0.3) is 0 Å². The molecule has 0 spiro atoms. The zero-order valence-electron chi connectivity index (χ0n) is 6.45. The summed E-state index contributed by atoms with van der Waals surface area (Å²) in [7, 11) is 0. The lowest BCUT2D eigenvalue weighted by molar-refractivity contribution is -0.124. The summed E-state index contributed by atoms with van der Waals surface area (Å²) in [5.41, 5.74) is -0.230. The van der Waals surface area contributed by atoms with E-state index >= 15 is 0 Å². The minimum atomic E-state index is -0.230. The van der Waals surface area contributed by atoms with Crippen molar-refractivity contribution in [1.82, 2.24) is 0 Å². The molecule has 11 heavy (non-hydrogen) atoms. The van der Waals surface area contributed by atoms with Crippen molar-refractivity contribution in [2.45, 2.75) is 25.7 Å². The van der Waals surface area contributed by atoms with Crippen LogP contribution in [-0.4, -0.2) is 12.6 Å². The first-order valence-corrected chi connectivity index (χ1v) is 4.22. The maximum Gasteiger partial charge on any atom is 0.126 e. The highest BCUT2D eigenvalue weighted by atomic mass is 16.1. The van der Waals surface area contributed by atoms with E-state index in [1.807, 2.05) is 0 Å². The van der Waals surface area contributed by atoms with Gasteiger partial charge < -0.3 is 9.59 Å². The van der Waals surface area contributed by atoms with Crippen molar-refractivity contribution in [2.24, 2.45) is 17.3 Å². The summed E-state index contributed by atoms with van der Waals surface area (Å²) in [5.74, 6) is 0.703. The van der Waals surface area contributed by atoms with Gasteiger partial charge in [-0.25, -0.2) is 0 Å². The van der Waals surface area contributed by atoms with Gasteiger partial charge in [-0.1, -0.05) is 0 Å². The largest absolute Gasteiger partial charge is 0.303 e. The molecule has 2 rings (SSSR count). The first-order valence-electron chi connectivity index (χ1n) is 4.22. The van der Waals surface area contributed by atoms with E-state index in [1.54, 1.807) is 0 Å². The number of aldehydes is 2. The predicted molar refractivity (Wildman–Crippen MR) is 40.0 cm³/mol. The molecule has 2 nitrogen and oxygen atoms in total. The first kappa shape index (κ1) is 7.01. The van der Waals surface area contributed by atoms with Gasteiger partial charge in [0.05, 0.1) is 0 Å². The molecule has 2 saturated carbocycles. The first-order chi connectivity index (χ1) is 5.30. The van der Waals surface area contributed by atoms with Crippen LogP contribution < -0.4 is 0 Å². The number of hydrogen-bond donors (Lipinski definition) is 0. The number of rotatable bonds is 2. The van der Waals surface area contributed by atoms with E-state index in [1.165, 1.54) is 0 Å². The van der Waals surface area contributed by atoms with Crippen molar-refractivity contribution in [1.29, 1.82) is 0 Å². The Labute approximate surface area is 66.0 Å². The molecule has 0 aromatic rings. The minimum absolute atomic E-state index is 0.0405. The Morgan fingerprint density at radius 1 is 1.36 bits per heavy atom. The lowest BCUT2D eigenvalue weighted by atomic mass is 9.77. The van der Waals surface area contributed by atoms with Crippen molar-refractivity contribution in [3.63, 3.8) is 0 Å². The fraction of sp³-hybridized carbons (Fsp3) is 0.778.